The fraction of sp³-hybridized carbons (Fsp3) is 0.261. The highest BCUT2D eigenvalue weighted by atomic mass is 127. The first-order valence-corrected chi connectivity index (χ1v) is 11.6. The molecule has 1 aliphatic rings. The van der Waals surface area contributed by atoms with Crippen molar-refractivity contribution in [3.8, 4) is 5.75 Å². The summed E-state index contributed by atoms with van der Waals surface area (Å²) in [4.78, 5) is 38.1. The zero-order valence-corrected chi connectivity index (χ0v) is 20.4. The molecule has 0 N–H and O–H groups in total. The van der Waals surface area contributed by atoms with Crippen molar-refractivity contribution in [2.75, 3.05) is 6.61 Å². The fourth-order valence-electron chi connectivity index (χ4n) is 2.90. The highest BCUT2D eigenvalue weighted by Gasteiger charge is 2.41. The maximum absolute atomic E-state index is 12.7. The van der Waals surface area contributed by atoms with Gasteiger partial charge in [0.2, 0.25) is 0 Å². The monoisotopic (exact) mass is 551 g/mol. The molecule has 1 aliphatic heterocycles. The number of esters is 1. The van der Waals surface area contributed by atoms with Gasteiger partial charge in [0.05, 0.1) is 15.1 Å². The van der Waals surface area contributed by atoms with E-state index in [1.807, 2.05) is 49.4 Å². The van der Waals surface area contributed by atoms with Crippen LogP contribution in [-0.2, 0) is 20.9 Å². The van der Waals surface area contributed by atoms with Crippen molar-refractivity contribution in [2.45, 2.75) is 33.4 Å². The Morgan fingerprint density at radius 3 is 2.55 bits per heavy atom. The van der Waals surface area contributed by atoms with Crippen LogP contribution in [0.15, 0.2) is 47.4 Å². The molecule has 1 saturated heterocycles. The Balaban J connectivity index is 1.71. The molecule has 8 heteroatoms. The van der Waals surface area contributed by atoms with Gasteiger partial charge in [0.25, 0.3) is 11.1 Å². The van der Waals surface area contributed by atoms with Crippen LogP contribution in [0.25, 0.3) is 6.08 Å². The van der Waals surface area contributed by atoms with Gasteiger partial charge in [0.1, 0.15) is 18.4 Å². The number of imide groups is 1. The van der Waals surface area contributed by atoms with Crippen LogP contribution in [0.5, 0.6) is 5.75 Å². The molecule has 31 heavy (non-hydrogen) atoms. The van der Waals surface area contributed by atoms with Crippen molar-refractivity contribution in [1.29, 1.82) is 0 Å². The Morgan fingerprint density at radius 2 is 1.90 bits per heavy atom. The zero-order valence-electron chi connectivity index (χ0n) is 17.4. The molecule has 6 nitrogen and oxygen atoms in total. The van der Waals surface area contributed by atoms with E-state index in [0.717, 1.165) is 37.1 Å². The van der Waals surface area contributed by atoms with Gasteiger partial charge in [-0.15, -0.1) is 0 Å². The molecule has 162 valence electrons. The Labute approximate surface area is 199 Å². The smallest absolute Gasteiger partial charge is 0.329 e. The van der Waals surface area contributed by atoms with Crippen molar-refractivity contribution in [2.24, 2.45) is 0 Å². The van der Waals surface area contributed by atoms with E-state index in [-0.39, 0.29) is 11.5 Å². The summed E-state index contributed by atoms with van der Waals surface area (Å²) >= 11 is 2.99. The van der Waals surface area contributed by atoms with E-state index < -0.39 is 23.2 Å². The van der Waals surface area contributed by atoms with E-state index in [4.69, 9.17) is 9.47 Å². The minimum absolute atomic E-state index is 0.187. The molecule has 0 bridgehead atoms. The summed E-state index contributed by atoms with van der Waals surface area (Å²) in [5, 5.41) is -0.482. The molecular weight excluding hydrogens is 529 g/mol. The van der Waals surface area contributed by atoms with Gasteiger partial charge in [0, 0.05) is 0 Å². The van der Waals surface area contributed by atoms with Crippen molar-refractivity contribution < 1.29 is 23.9 Å². The Morgan fingerprint density at radius 1 is 1.19 bits per heavy atom. The number of hydrogen-bond donors (Lipinski definition) is 0. The number of benzene rings is 2. The SMILES string of the molecule is CCOC(=O)[C@@H](C)N1C(=O)S/C(=C/c2ccc(OCc3ccc(C)cc3)c(I)c2)C1=O. The number of ether oxygens (including phenoxy) is 2. The summed E-state index contributed by atoms with van der Waals surface area (Å²) in [6, 6.07) is 12.7. The number of nitrogens with zero attached hydrogens (tertiary/aromatic N) is 1. The number of thioether (sulfide) groups is 1. The van der Waals surface area contributed by atoms with Crippen LogP contribution in [0.4, 0.5) is 4.79 Å². The molecule has 1 heterocycles. The first kappa shape index (κ1) is 23.3. The molecule has 0 radical (unpaired) electrons. The van der Waals surface area contributed by atoms with E-state index in [2.05, 4.69) is 22.6 Å². The fourth-order valence-corrected chi connectivity index (χ4v) is 4.51. The van der Waals surface area contributed by atoms with Gasteiger partial charge >= 0.3 is 5.97 Å². The topological polar surface area (TPSA) is 72.9 Å². The van der Waals surface area contributed by atoms with Gasteiger partial charge in [-0.1, -0.05) is 35.9 Å². The molecule has 1 fully saturated rings. The van der Waals surface area contributed by atoms with Crippen molar-refractivity contribution in [3.05, 3.63) is 67.6 Å². The van der Waals surface area contributed by atoms with Gasteiger partial charge in [-0.05, 0) is 84.5 Å². The molecule has 2 aromatic carbocycles. The molecule has 0 aromatic heterocycles. The summed E-state index contributed by atoms with van der Waals surface area (Å²) in [6.07, 6.45) is 1.65. The van der Waals surface area contributed by atoms with Crippen LogP contribution >= 0.6 is 34.4 Å². The first-order chi connectivity index (χ1) is 14.8. The standard InChI is InChI=1S/C23H22INO5S/c1-4-29-22(27)15(3)25-21(26)20(31-23(25)28)12-17-9-10-19(18(24)11-17)30-13-16-7-5-14(2)6-8-16/h5-12,15H,4,13H2,1-3H3/b20-12+/t15-/m1/s1. The average molecular weight is 551 g/mol. The van der Waals surface area contributed by atoms with Gasteiger partial charge in [-0.2, -0.15) is 0 Å². The third-order valence-corrected chi connectivity index (χ3v) is 6.33. The third kappa shape index (κ3) is 5.68. The lowest BCUT2D eigenvalue weighted by molar-refractivity contribution is -0.150. The summed E-state index contributed by atoms with van der Waals surface area (Å²) in [6.45, 7) is 5.85. The second-order valence-corrected chi connectivity index (χ2v) is 9.10. The second kappa shape index (κ2) is 10.3. The van der Waals surface area contributed by atoms with Crippen LogP contribution in [0.1, 0.15) is 30.5 Å². The summed E-state index contributed by atoms with van der Waals surface area (Å²) < 4.78 is 11.7. The quantitative estimate of drug-likeness (QED) is 0.269. The summed E-state index contributed by atoms with van der Waals surface area (Å²) in [5.74, 6) is -0.358. The summed E-state index contributed by atoms with van der Waals surface area (Å²) in [5.41, 5.74) is 3.04. The third-order valence-electron chi connectivity index (χ3n) is 4.61. The van der Waals surface area contributed by atoms with E-state index in [9.17, 15) is 14.4 Å². The van der Waals surface area contributed by atoms with E-state index in [1.54, 1.807) is 13.0 Å². The highest BCUT2D eigenvalue weighted by molar-refractivity contribution is 14.1. The lowest BCUT2D eigenvalue weighted by Crippen LogP contribution is -2.42. The first-order valence-electron chi connectivity index (χ1n) is 9.71. The van der Waals surface area contributed by atoms with Crippen LogP contribution in [0, 0.1) is 10.5 Å². The molecule has 0 saturated carbocycles. The molecule has 3 rings (SSSR count). The Hall–Kier alpha value is -2.33. The predicted octanol–water partition coefficient (Wildman–Crippen LogP) is 5.17. The lowest BCUT2D eigenvalue weighted by atomic mass is 10.1. The molecule has 0 spiro atoms. The van der Waals surface area contributed by atoms with Crippen LogP contribution < -0.4 is 4.74 Å². The van der Waals surface area contributed by atoms with Crippen LogP contribution in [0.3, 0.4) is 0 Å². The van der Waals surface area contributed by atoms with E-state index >= 15 is 0 Å². The normalized spacial score (nSPS) is 16.0. The number of rotatable bonds is 7. The number of hydrogen-bond acceptors (Lipinski definition) is 6. The molecule has 0 aliphatic carbocycles. The summed E-state index contributed by atoms with van der Waals surface area (Å²) in [7, 11) is 0. The van der Waals surface area contributed by atoms with Gasteiger partial charge in [0.15, 0.2) is 0 Å². The van der Waals surface area contributed by atoms with Gasteiger partial charge in [-0.3, -0.25) is 14.5 Å². The van der Waals surface area contributed by atoms with Crippen LogP contribution in [-0.4, -0.2) is 34.7 Å². The number of halogens is 1. The molecule has 2 amide bonds. The van der Waals surface area contributed by atoms with E-state index in [0.29, 0.717) is 6.61 Å². The van der Waals surface area contributed by atoms with Crippen molar-refractivity contribution in [1.82, 2.24) is 4.90 Å². The maximum Gasteiger partial charge on any atom is 0.329 e. The number of carbonyl (C=O) groups is 3. The van der Waals surface area contributed by atoms with Crippen LogP contribution in [0.2, 0.25) is 0 Å². The number of amides is 2. The minimum Gasteiger partial charge on any atom is -0.488 e. The Kier molecular flexibility index (Phi) is 7.77. The van der Waals surface area contributed by atoms with Crippen molar-refractivity contribution in [3.63, 3.8) is 0 Å². The van der Waals surface area contributed by atoms with Gasteiger partial charge in [-0.25, -0.2) is 4.79 Å². The maximum atomic E-state index is 12.7. The predicted molar refractivity (Wildman–Crippen MR) is 129 cm³/mol. The largest absolute Gasteiger partial charge is 0.488 e. The molecule has 0 unspecified atom stereocenters. The molecular formula is C23H22INO5S. The number of carbonyl (C=O) groups excluding carboxylic acids is 3. The Bertz CT molecular complexity index is 1030. The highest BCUT2D eigenvalue weighted by Crippen LogP contribution is 2.34. The van der Waals surface area contributed by atoms with E-state index in [1.165, 1.54) is 12.5 Å². The minimum atomic E-state index is -0.962. The molecule has 1 atom stereocenters. The number of aryl methyl sites for hydroxylation is 1. The zero-order chi connectivity index (χ0) is 22.5. The second-order valence-electron chi connectivity index (χ2n) is 6.94. The molecule has 2 aromatic rings. The van der Waals surface area contributed by atoms with Gasteiger partial charge < -0.3 is 9.47 Å². The van der Waals surface area contributed by atoms with Crippen molar-refractivity contribution >= 4 is 57.5 Å². The average Bonchev–Trinajstić information content (AvgIpc) is 3.01. The lowest BCUT2D eigenvalue weighted by Gasteiger charge is -2.19.